The Bertz CT molecular complexity index is 354. The van der Waals surface area contributed by atoms with Crippen LogP contribution in [0, 0.1) is 5.92 Å². The first-order valence-corrected chi connectivity index (χ1v) is 6.14. The largest absolute Gasteiger partial charge is 0.381 e. The molecule has 1 aromatic heterocycles. The van der Waals surface area contributed by atoms with Gasteiger partial charge in [0.1, 0.15) is 5.82 Å². The number of aromatic nitrogens is 1. The number of rotatable bonds is 3. The summed E-state index contributed by atoms with van der Waals surface area (Å²) in [7, 11) is 0. The molecule has 0 aromatic carbocycles. The summed E-state index contributed by atoms with van der Waals surface area (Å²) < 4.78 is 5.41. The number of nitrogens with zero attached hydrogens (tertiary/aromatic N) is 1. The number of pyridine rings is 1. The summed E-state index contributed by atoms with van der Waals surface area (Å²) in [6, 6.07) is 1.69. The smallest absolute Gasteiger partial charge is 0.144 e. The van der Waals surface area contributed by atoms with E-state index in [-0.39, 0.29) is 0 Å². The first-order valence-electron chi connectivity index (χ1n) is 5.38. The minimum atomic E-state index is 0.544. The van der Waals surface area contributed by atoms with Crippen LogP contribution in [-0.2, 0) is 4.74 Å². The van der Waals surface area contributed by atoms with Gasteiger partial charge in [-0.1, -0.05) is 23.2 Å². The predicted molar refractivity (Wildman–Crippen MR) is 66.3 cm³/mol. The van der Waals surface area contributed by atoms with Gasteiger partial charge in [-0.2, -0.15) is 0 Å². The van der Waals surface area contributed by atoms with Gasteiger partial charge < -0.3 is 10.1 Å². The van der Waals surface area contributed by atoms with Crippen LogP contribution in [0.3, 0.4) is 0 Å². The van der Waals surface area contributed by atoms with Crippen molar-refractivity contribution in [2.24, 2.45) is 5.92 Å². The molecule has 2 rings (SSSR count). The maximum absolute atomic E-state index is 6.01. The zero-order valence-corrected chi connectivity index (χ0v) is 10.4. The van der Waals surface area contributed by atoms with Crippen LogP contribution in [-0.4, -0.2) is 24.7 Å². The molecule has 1 fully saturated rings. The molecule has 3 nitrogen and oxygen atoms in total. The minimum absolute atomic E-state index is 0.544. The number of ether oxygens (including phenoxy) is 1. The van der Waals surface area contributed by atoms with Crippen molar-refractivity contribution in [1.82, 2.24) is 4.98 Å². The zero-order chi connectivity index (χ0) is 11.4. The van der Waals surface area contributed by atoms with Crippen molar-refractivity contribution in [2.75, 3.05) is 25.1 Å². The summed E-state index contributed by atoms with van der Waals surface area (Å²) in [5.41, 5.74) is 0. The average Bonchev–Trinajstić information content (AvgIpc) is 2.29. The maximum Gasteiger partial charge on any atom is 0.144 e. The highest BCUT2D eigenvalue weighted by atomic mass is 35.5. The molecule has 0 spiro atoms. The van der Waals surface area contributed by atoms with E-state index in [1.165, 1.54) is 6.42 Å². The van der Waals surface area contributed by atoms with E-state index in [1.54, 1.807) is 12.3 Å². The summed E-state index contributed by atoms with van der Waals surface area (Å²) in [5, 5.41) is 4.34. The van der Waals surface area contributed by atoms with Gasteiger partial charge in [0.25, 0.3) is 0 Å². The fourth-order valence-electron chi connectivity index (χ4n) is 1.75. The summed E-state index contributed by atoms with van der Waals surface area (Å²) in [5.74, 6) is 1.24. The van der Waals surface area contributed by atoms with E-state index in [4.69, 9.17) is 27.9 Å². The number of halogens is 2. The second-order valence-corrected chi connectivity index (χ2v) is 4.79. The highest BCUT2D eigenvalue weighted by Gasteiger charge is 2.14. The van der Waals surface area contributed by atoms with Crippen LogP contribution in [0.1, 0.15) is 12.8 Å². The summed E-state index contributed by atoms with van der Waals surface area (Å²) >= 11 is 11.8. The summed E-state index contributed by atoms with van der Waals surface area (Å²) in [6.07, 6.45) is 3.92. The fourth-order valence-corrected chi connectivity index (χ4v) is 2.20. The van der Waals surface area contributed by atoms with Gasteiger partial charge in [-0.15, -0.1) is 0 Å². The van der Waals surface area contributed by atoms with Crippen molar-refractivity contribution >= 4 is 29.0 Å². The Hall–Kier alpha value is -0.510. The Morgan fingerprint density at radius 1 is 1.50 bits per heavy atom. The van der Waals surface area contributed by atoms with Crippen molar-refractivity contribution in [3.63, 3.8) is 0 Å². The molecule has 0 radical (unpaired) electrons. The molecule has 16 heavy (non-hydrogen) atoms. The monoisotopic (exact) mass is 260 g/mol. The Morgan fingerprint density at radius 3 is 3.06 bits per heavy atom. The molecule has 1 aliphatic heterocycles. The third kappa shape index (κ3) is 3.24. The highest BCUT2D eigenvalue weighted by Crippen LogP contribution is 2.23. The Kier molecular flexibility index (Phi) is 4.27. The van der Waals surface area contributed by atoms with Crippen molar-refractivity contribution in [1.29, 1.82) is 0 Å². The van der Waals surface area contributed by atoms with E-state index in [0.717, 1.165) is 26.2 Å². The highest BCUT2D eigenvalue weighted by molar-refractivity contribution is 6.35. The van der Waals surface area contributed by atoms with Gasteiger partial charge in [-0.3, -0.25) is 0 Å². The molecular weight excluding hydrogens is 247 g/mol. The third-order valence-electron chi connectivity index (χ3n) is 2.62. The van der Waals surface area contributed by atoms with Gasteiger partial charge in [-0.25, -0.2) is 4.98 Å². The quantitative estimate of drug-likeness (QED) is 0.907. The van der Waals surface area contributed by atoms with Crippen LogP contribution in [0.5, 0.6) is 0 Å². The first kappa shape index (κ1) is 12.0. The summed E-state index contributed by atoms with van der Waals surface area (Å²) in [6.45, 7) is 2.54. The third-order valence-corrected chi connectivity index (χ3v) is 3.12. The van der Waals surface area contributed by atoms with Crippen LogP contribution in [0.25, 0.3) is 0 Å². The van der Waals surface area contributed by atoms with E-state index < -0.39 is 0 Å². The maximum atomic E-state index is 6.01. The average molecular weight is 261 g/mol. The summed E-state index contributed by atoms with van der Waals surface area (Å²) in [4.78, 5) is 4.15. The second kappa shape index (κ2) is 5.71. The van der Waals surface area contributed by atoms with Gasteiger partial charge in [0.2, 0.25) is 0 Å². The van der Waals surface area contributed by atoms with Crippen molar-refractivity contribution in [3.05, 3.63) is 22.3 Å². The molecule has 0 bridgehead atoms. The van der Waals surface area contributed by atoms with E-state index in [9.17, 15) is 0 Å². The van der Waals surface area contributed by atoms with E-state index in [0.29, 0.717) is 21.8 Å². The van der Waals surface area contributed by atoms with Gasteiger partial charge in [0.15, 0.2) is 0 Å². The minimum Gasteiger partial charge on any atom is -0.381 e. The lowest BCUT2D eigenvalue weighted by Crippen LogP contribution is -2.24. The molecule has 1 aliphatic rings. The molecule has 5 heteroatoms. The molecule has 2 heterocycles. The standard InChI is InChI=1S/C11H14Cl2N2O/c12-9-4-10(13)11(15-6-9)14-5-8-2-1-3-16-7-8/h4,6,8H,1-3,5,7H2,(H,14,15). The van der Waals surface area contributed by atoms with Gasteiger partial charge in [0, 0.05) is 19.3 Å². The molecule has 1 N–H and O–H groups in total. The predicted octanol–water partition coefficient (Wildman–Crippen LogP) is 3.23. The second-order valence-electron chi connectivity index (χ2n) is 3.95. The van der Waals surface area contributed by atoms with Gasteiger partial charge in [0.05, 0.1) is 16.7 Å². The lowest BCUT2D eigenvalue weighted by atomic mass is 10.0. The van der Waals surface area contributed by atoms with Crippen LogP contribution in [0.4, 0.5) is 5.82 Å². The fraction of sp³-hybridized carbons (Fsp3) is 0.545. The first-order chi connectivity index (χ1) is 7.75. The Balaban J connectivity index is 1.88. The Morgan fingerprint density at radius 2 is 2.38 bits per heavy atom. The molecule has 88 valence electrons. The zero-order valence-electron chi connectivity index (χ0n) is 8.88. The lowest BCUT2D eigenvalue weighted by Gasteiger charge is -2.22. The SMILES string of the molecule is Clc1cnc(NCC2CCCOC2)c(Cl)c1. The number of hydrogen-bond donors (Lipinski definition) is 1. The van der Waals surface area contributed by atoms with Crippen LogP contribution >= 0.6 is 23.2 Å². The molecule has 1 unspecified atom stereocenters. The van der Waals surface area contributed by atoms with Crippen molar-refractivity contribution in [3.8, 4) is 0 Å². The van der Waals surface area contributed by atoms with E-state index in [1.807, 2.05) is 0 Å². The molecule has 1 saturated heterocycles. The molecule has 1 aromatic rings. The number of nitrogens with one attached hydrogen (secondary N) is 1. The van der Waals surface area contributed by atoms with Crippen LogP contribution < -0.4 is 5.32 Å². The molecular formula is C11H14Cl2N2O. The van der Waals surface area contributed by atoms with Gasteiger partial charge >= 0.3 is 0 Å². The van der Waals surface area contributed by atoms with Crippen LogP contribution in [0.2, 0.25) is 10.0 Å². The van der Waals surface area contributed by atoms with Gasteiger partial charge in [-0.05, 0) is 24.8 Å². The molecule has 0 saturated carbocycles. The Labute approximate surface area is 105 Å². The van der Waals surface area contributed by atoms with Crippen molar-refractivity contribution < 1.29 is 4.74 Å². The van der Waals surface area contributed by atoms with E-state index in [2.05, 4.69) is 10.3 Å². The molecule has 1 atom stereocenters. The van der Waals surface area contributed by atoms with E-state index >= 15 is 0 Å². The molecule has 0 amide bonds. The number of hydrogen-bond acceptors (Lipinski definition) is 3. The number of anilines is 1. The molecule has 0 aliphatic carbocycles. The van der Waals surface area contributed by atoms with Crippen LogP contribution in [0.15, 0.2) is 12.3 Å². The topological polar surface area (TPSA) is 34.2 Å². The van der Waals surface area contributed by atoms with Crippen molar-refractivity contribution in [2.45, 2.75) is 12.8 Å². The normalized spacial score (nSPS) is 20.8. The lowest BCUT2D eigenvalue weighted by molar-refractivity contribution is 0.0595.